The van der Waals surface area contributed by atoms with Gasteiger partial charge in [-0.1, -0.05) is 27.2 Å². The first-order chi connectivity index (χ1) is 6.58. The third-order valence-corrected chi connectivity index (χ3v) is 3.67. The summed E-state index contributed by atoms with van der Waals surface area (Å²) in [6.45, 7) is 9.70. The third-order valence-electron chi connectivity index (χ3n) is 3.67. The fraction of sp³-hybridized carbons (Fsp3) is 1.00. The highest BCUT2D eigenvalue weighted by Gasteiger charge is 2.32. The first kappa shape index (κ1) is 12.0. The van der Waals surface area contributed by atoms with E-state index in [1.54, 1.807) is 0 Å². The van der Waals surface area contributed by atoms with Gasteiger partial charge in [0.1, 0.15) is 0 Å². The van der Waals surface area contributed by atoms with Crippen LogP contribution in [-0.2, 0) is 0 Å². The molecule has 0 bridgehead atoms. The van der Waals surface area contributed by atoms with Crippen LogP contribution in [0.1, 0.15) is 52.9 Å². The molecule has 0 aliphatic carbocycles. The lowest BCUT2D eigenvalue weighted by atomic mass is 9.70. The molecule has 0 aromatic carbocycles. The van der Waals surface area contributed by atoms with E-state index in [0.29, 0.717) is 5.41 Å². The maximum atomic E-state index is 2.48. The molecule has 1 heteroatoms. The minimum absolute atomic E-state index is 0.690. The molecule has 0 saturated carbocycles. The van der Waals surface area contributed by atoms with Crippen molar-refractivity contribution in [2.45, 2.75) is 52.9 Å². The maximum Gasteiger partial charge on any atom is -0.00165 e. The topological polar surface area (TPSA) is 3.24 Å². The quantitative estimate of drug-likeness (QED) is 0.666. The summed E-state index contributed by atoms with van der Waals surface area (Å²) in [5.41, 5.74) is 0.690. The Morgan fingerprint density at radius 3 is 2.21 bits per heavy atom. The van der Waals surface area contributed by atoms with Gasteiger partial charge in [-0.3, -0.25) is 0 Å². The molecule has 1 fully saturated rings. The second-order valence-electron chi connectivity index (χ2n) is 5.65. The highest BCUT2D eigenvalue weighted by Crippen LogP contribution is 2.41. The van der Waals surface area contributed by atoms with Crippen LogP contribution in [0.2, 0.25) is 0 Å². The summed E-state index contributed by atoms with van der Waals surface area (Å²) < 4.78 is 0. The van der Waals surface area contributed by atoms with Gasteiger partial charge >= 0.3 is 0 Å². The number of rotatable bonds is 4. The lowest BCUT2D eigenvalue weighted by Gasteiger charge is -2.42. The third kappa shape index (κ3) is 3.27. The van der Waals surface area contributed by atoms with Gasteiger partial charge < -0.3 is 4.90 Å². The molecule has 1 rings (SSSR count). The van der Waals surface area contributed by atoms with E-state index in [2.05, 4.69) is 32.7 Å². The van der Waals surface area contributed by atoms with E-state index in [-0.39, 0.29) is 0 Å². The zero-order valence-corrected chi connectivity index (χ0v) is 10.5. The molecule has 0 aromatic rings. The van der Waals surface area contributed by atoms with Crippen molar-refractivity contribution in [3.05, 3.63) is 0 Å². The van der Waals surface area contributed by atoms with Crippen LogP contribution in [0, 0.1) is 11.3 Å². The summed E-state index contributed by atoms with van der Waals surface area (Å²) in [5.74, 6) is 0.866. The molecule has 0 aromatic heterocycles. The summed E-state index contributed by atoms with van der Waals surface area (Å²) in [7, 11) is 2.26. The standard InChI is InChI=1S/C13H27N/c1-5-6-13(11-12(2)3)7-9-14(4)10-8-13/h12H,5-11H2,1-4H3. The molecule has 0 atom stereocenters. The molecule has 14 heavy (non-hydrogen) atoms. The summed E-state index contributed by atoms with van der Waals surface area (Å²) in [6, 6.07) is 0. The average molecular weight is 197 g/mol. The first-order valence-corrected chi connectivity index (χ1v) is 6.26. The molecule has 0 amide bonds. The van der Waals surface area contributed by atoms with E-state index >= 15 is 0 Å². The fourth-order valence-corrected chi connectivity index (χ4v) is 3.05. The van der Waals surface area contributed by atoms with Crippen molar-refractivity contribution in [3.63, 3.8) is 0 Å². The summed E-state index contributed by atoms with van der Waals surface area (Å²) in [4.78, 5) is 2.48. The van der Waals surface area contributed by atoms with Crippen LogP contribution in [0.15, 0.2) is 0 Å². The Balaban J connectivity index is 2.53. The van der Waals surface area contributed by atoms with Crippen molar-refractivity contribution >= 4 is 0 Å². The second-order valence-corrected chi connectivity index (χ2v) is 5.65. The highest BCUT2D eigenvalue weighted by atomic mass is 15.1. The molecule has 1 aliphatic rings. The Labute approximate surface area is 89.9 Å². The van der Waals surface area contributed by atoms with Gasteiger partial charge in [-0.2, -0.15) is 0 Å². The molecule has 0 N–H and O–H groups in total. The smallest absolute Gasteiger partial charge is 0.00165 e. The van der Waals surface area contributed by atoms with Gasteiger partial charge in [0, 0.05) is 0 Å². The van der Waals surface area contributed by atoms with Crippen LogP contribution in [-0.4, -0.2) is 25.0 Å². The summed E-state index contributed by atoms with van der Waals surface area (Å²) in [6.07, 6.45) is 7.09. The van der Waals surface area contributed by atoms with Crippen LogP contribution in [0.3, 0.4) is 0 Å². The monoisotopic (exact) mass is 197 g/mol. The summed E-state index contributed by atoms with van der Waals surface area (Å²) in [5, 5.41) is 0. The number of piperidine rings is 1. The van der Waals surface area contributed by atoms with Gasteiger partial charge in [0.25, 0.3) is 0 Å². The molecule has 0 radical (unpaired) electrons. The second kappa shape index (κ2) is 5.16. The highest BCUT2D eigenvalue weighted by molar-refractivity contribution is 4.85. The molecule has 0 spiro atoms. The van der Waals surface area contributed by atoms with Crippen LogP contribution in [0.5, 0.6) is 0 Å². The molecule has 1 saturated heterocycles. The van der Waals surface area contributed by atoms with Crippen LogP contribution >= 0.6 is 0 Å². The van der Waals surface area contributed by atoms with Crippen LogP contribution in [0.4, 0.5) is 0 Å². The Morgan fingerprint density at radius 2 is 1.79 bits per heavy atom. The number of nitrogens with zero attached hydrogens (tertiary/aromatic N) is 1. The minimum atomic E-state index is 0.690. The fourth-order valence-electron chi connectivity index (χ4n) is 3.05. The van der Waals surface area contributed by atoms with E-state index in [0.717, 1.165) is 5.92 Å². The molecule has 84 valence electrons. The maximum absolute atomic E-state index is 2.48. The van der Waals surface area contributed by atoms with E-state index in [9.17, 15) is 0 Å². The Kier molecular flexibility index (Phi) is 4.43. The minimum Gasteiger partial charge on any atom is -0.306 e. The van der Waals surface area contributed by atoms with Crippen molar-refractivity contribution in [3.8, 4) is 0 Å². The van der Waals surface area contributed by atoms with Crippen molar-refractivity contribution in [1.29, 1.82) is 0 Å². The Bertz CT molecular complexity index is 155. The van der Waals surface area contributed by atoms with Crippen LogP contribution in [0.25, 0.3) is 0 Å². The molecule has 1 nitrogen and oxygen atoms in total. The Hall–Kier alpha value is -0.0400. The van der Waals surface area contributed by atoms with Crippen LogP contribution < -0.4 is 0 Å². The van der Waals surface area contributed by atoms with E-state index < -0.39 is 0 Å². The molecule has 1 aliphatic heterocycles. The lowest BCUT2D eigenvalue weighted by molar-refractivity contribution is 0.0881. The average Bonchev–Trinajstić information content (AvgIpc) is 2.10. The molecule has 0 unspecified atom stereocenters. The van der Waals surface area contributed by atoms with E-state index in [1.165, 1.54) is 45.2 Å². The normalized spacial score (nSPS) is 22.9. The van der Waals surface area contributed by atoms with Gasteiger partial charge in [0.15, 0.2) is 0 Å². The van der Waals surface area contributed by atoms with Gasteiger partial charge in [0.2, 0.25) is 0 Å². The molecular formula is C13H27N. The number of hydrogen-bond acceptors (Lipinski definition) is 1. The number of hydrogen-bond donors (Lipinski definition) is 0. The molecule has 1 heterocycles. The van der Waals surface area contributed by atoms with E-state index in [1.807, 2.05) is 0 Å². The van der Waals surface area contributed by atoms with Crippen molar-refractivity contribution in [2.75, 3.05) is 20.1 Å². The summed E-state index contributed by atoms with van der Waals surface area (Å²) >= 11 is 0. The predicted molar refractivity (Wildman–Crippen MR) is 63.5 cm³/mol. The Morgan fingerprint density at radius 1 is 1.21 bits per heavy atom. The van der Waals surface area contributed by atoms with E-state index in [4.69, 9.17) is 0 Å². The van der Waals surface area contributed by atoms with Gasteiger partial charge in [0.05, 0.1) is 0 Å². The van der Waals surface area contributed by atoms with Crippen molar-refractivity contribution in [1.82, 2.24) is 4.90 Å². The first-order valence-electron chi connectivity index (χ1n) is 6.26. The zero-order chi connectivity index (χ0) is 10.6. The largest absolute Gasteiger partial charge is 0.306 e. The van der Waals surface area contributed by atoms with Crippen molar-refractivity contribution in [2.24, 2.45) is 11.3 Å². The number of likely N-dealkylation sites (tertiary alicyclic amines) is 1. The van der Waals surface area contributed by atoms with Gasteiger partial charge in [-0.25, -0.2) is 0 Å². The predicted octanol–water partition coefficient (Wildman–Crippen LogP) is 3.54. The van der Waals surface area contributed by atoms with Gasteiger partial charge in [-0.05, 0) is 57.2 Å². The SMILES string of the molecule is CCCC1(CC(C)C)CCN(C)CC1. The molecular weight excluding hydrogens is 170 g/mol. The lowest BCUT2D eigenvalue weighted by Crippen LogP contribution is -2.38. The zero-order valence-electron chi connectivity index (χ0n) is 10.5. The van der Waals surface area contributed by atoms with Gasteiger partial charge in [-0.15, -0.1) is 0 Å². The van der Waals surface area contributed by atoms with Crippen molar-refractivity contribution < 1.29 is 0 Å².